The Morgan fingerprint density at radius 2 is 1.80 bits per heavy atom. The number of likely N-dealkylation sites (N-methyl/N-ethyl adjacent to an activating group) is 1. The van der Waals surface area contributed by atoms with Crippen molar-refractivity contribution in [1.82, 2.24) is 15.5 Å². The van der Waals surface area contributed by atoms with Gasteiger partial charge in [-0.15, -0.1) is 24.0 Å². The number of ether oxygens (including phenoxy) is 2. The lowest BCUT2D eigenvalue weighted by Gasteiger charge is -2.26. The van der Waals surface area contributed by atoms with Crippen LogP contribution in [-0.4, -0.2) is 58.9 Å². The highest BCUT2D eigenvalue weighted by Crippen LogP contribution is 2.20. The third-order valence-electron chi connectivity index (χ3n) is 4.71. The maximum atomic E-state index is 5.88. The van der Waals surface area contributed by atoms with Crippen molar-refractivity contribution in [3.8, 4) is 5.75 Å². The summed E-state index contributed by atoms with van der Waals surface area (Å²) in [6, 6.07) is 17.0. The highest BCUT2D eigenvalue weighted by atomic mass is 127. The average Bonchev–Trinajstić information content (AvgIpc) is 2.72. The molecule has 0 amide bonds. The number of rotatable bonds is 10. The second kappa shape index (κ2) is 14.2. The number of guanidine groups is 1. The first-order chi connectivity index (χ1) is 14.0. The van der Waals surface area contributed by atoms with Gasteiger partial charge in [0.15, 0.2) is 5.96 Å². The van der Waals surface area contributed by atoms with Gasteiger partial charge in [-0.05, 0) is 38.2 Å². The van der Waals surface area contributed by atoms with Crippen molar-refractivity contribution in [2.75, 3.05) is 48.0 Å². The summed E-state index contributed by atoms with van der Waals surface area (Å²) >= 11 is 0. The molecule has 0 saturated heterocycles. The molecular weight excluding hydrogens is 491 g/mol. The molecule has 2 aromatic carbocycles. The van der Waals surface area contributed by atoms with Crippen molar-refractivity contribution in [3.05, 3.63) is 65.2 Å². The smallest absolute Gasteiger partial charge is 0.191 e. The minimum absolute atomic E-state index is 0. The van der Waals surface area contributed by atoms with Crippen LogP contribution in [-0.2, 0) is 11.3 Å². The number of methoxy groups -OCH3 is 1. The average molecular weight is 526 g/mol. The number of benzene rings is 2. The van der Waals surface area contributed by atoms with Crippen LogP contribution in [0.2, 0.25) is 0 Å². The van der Waals surface area contributed by atoms with Crippen molar-refractivity contribution in [1.29, 1.82) is 0 Å². The van der Waals surface area contributed by atoms with Crippen molar-refractivity contribution < 1.29 is 9.47 Å². The van der Waals surface area contributed by atoms with Gasteiger partial charge < -0.3 is 25.0 Å². The van der Waals surface area contributed by atoms with Crippen LogP contribution in [0.15, 0.2) is 53.5 Å². The van der Waals surface area contributed by atoms with Crippen LogP contribution in [0.5, 0.6) is 5.75 Å². The summed E-state index contributed by atoms with van der Waals surface area (Å²) in [4.78, 5) is 6.57. The van der Waals surface area contributed by atoms with Gasteiger partial charge in [-0.3, -0.25) is 4.99 Å². The van der Waals surface area contributed by atoms with Crippen LogP contribution in [0.3, 0.4) is 0 Å². The van der Waals surface area contributed by atoms with E-state index in [0.29, 0.717) is 19.8 Å². The van der Waals surface area contributed by atoms with E-state index in [1.54, 1.807) is 14.2 Å². The summed E-state index contributed by atoms with van der Waals surface area (Å²) < 4.78 is 11.0. The Balaban J connectivity index is 0.00000450. The standard InChI is InChI=1S/C23H34N4O2.HI/c1-18-11-12-20(22(15-18)29-14-13-28-5)16-25-23(24-2)26-17-21(27(3)4)19-9-7-6-8-10-19;/h6-12,15,21H,13-14,16-17H2,1-5H3,(H2,24,25,26);1H. The summed E-state index contributed by atoms with van der Waals surface area (Å²) in [5.41, 5.74) is 3.52. The summed E-state index contributed by atoms with van der Waals surface area (Å²) in [6.07, 6.45) is 0. The molecule has 0 aliphatic rings. The Hall–Kier alpha value is -1.84. The predicted molar refractivity (Wildman–Crippen MR) is 135 cm³/mol. The lowest BCUT2D eigenvalue weighted by Crippen LogP contribution is -2.41. The highest BCUT2D eigenvalue weighted by molar-refractivity contribution is 14.0. The molecule has 1 unspecified atom stereocenters. The fourth-order valence-corrected chi connectivity index (χ4v) is 3.04. The Morgan fingerprint density at radius 1 is 1.07 bits per heavy atom. The van der Waals surface area contributed by atoms with Gasteiger partial charge in [0.1, 0.15) is 12.4 Å². The molecule has 1 atom stereocenters. The lowest BCUT2D eigenvalue weighted by molar-refractivity contribution is 0.145. The molecule has 0 aliphatic carbocycles. The van der Waals surface area contributed by atoms with E-state index < -0.39 is 0 Å². The number of aryl methyl sites for hydroxylation is 1. The molecule has 0 aliphatic heterocycles. The Kier molecular flexibility index (Phi) is 12.4. The van der Waals surface area contributed by atoms with E-state index in [0.717, 1.165) is 23.8 Å². The first-order valence-corrected chi connectivity index (χ1v) is 9.92. The van der Waals surface area contributed by atoms with Crippen LogP contribution < -0.4 is 15.4 Å². The van der Waals surface area contributed by atoms with E-state index >= 15 is 0 Å². The number of hydrogen-bond donors (Lipinski definition) is 2. The third kappa shape index (κ3) is 8.49. The van der Waals surface area contributed by atoms with Gasteiger partial charge in [0.2, 0.25) is 0 Å². The second-order valence-electron chi connectivity index (χ2n) is 7.15. The fraction of sp³-hybridized carbons (Fsp3) is 0.435. The predicted octanol–water partition coefficient (Wildman–Crippen LogP) is 3.61. The van der Waals surface area contributed by atoms with Gasteiger partial charge in [0.05, 0.1) is 12.6 Å². The Labute approximate surface area is 198 Å². The number of nitrogens with one attached hydrogen (secondary N) is 2. The zero-order chi connectivity index (χ0) is 21.1. The van der Waals surface area contributed by atoms with Gasteiger partial charge >= 0.3 is 0 Å². The largest absolute Gasteiger partial charge is 0.491 e. The van der Waals surface area contributed by atoms with E-state index in [4.69, 9.17) is 9.47 Å². The second-order valence-corrected chi connectivity index (χ2v) is 7.15. The third-order valence-corrected chi connectivity index (χ3v) is 4.71. The minimum Gasteiger partial charge on any atom is -0.491 e. The van der Waals surface area contributed by atoms with Crippen molar-refractivity contribution in [2.45, 2.75) is 19.5 Å². The molecule has 0 saturated carbocycles. The number of aliphatic imine (C=N–C) groups is 1. The molecule has 2 rings (SSSR count). The molecule has 2 N–H and O–H groups in total. The molecule has 0 aromatic heterocycles. The van der Waals surface area contributed by atoms with Gasteiger partial charge in [0.25, 0.3) is 0 Å². The monoisotopic (exact) mass is 526 g/mol. The SMILES string of the molecule is CN=C(NCc1ccc(C)cc1OCCOC)NCC(c1ccccc1)N(C)C.I. The van der Waals surface area contributed by atoms with Gasteiger partial charge in [-0.25, -0.2) is 0 Å². The van der Waals surface area contributed by atoms with Crippen molar-refractivity contribution in [2.24, 2.45) is 4.99 Å². The Morgan fingerprint density at radius 3 is 2.43 bits per heavy atom. The van der Waals surface area contributed by atoms with E-state index in [1.807, 2.05) is 6.07 Å². The molecule has 6 nitrogen and oxygen atoms in total. The van der Waals surface area contributed by atoms with Crippen LogP contribution in [0.4, 0.5) is 0 Å². The summed E-state index contributed by atoms with van der Waals surface area (Å²) in [7, 11) is 7.64. The van der Waals surface area contributed by atoms with Gasteiger partial charge in [0, 0.05) is 32.8 Å². The van der Waals surface area contributed by atoms with E-state index in [9.17, 15) is 0 Å². The maximum Gasteiger partial charge on any atom is 0.191 e. The molecule has 2 aromatic rings. The molecular formula is C23H35IN4O2. The molecule has 0 heterocycles. The van der Waals surface area contributed by atoms with Crippen molar-refractivity contribution in [3.63, 3.8) is 0 Å². The molecule has 0 bridgehead atoms. The maximum absolute atomic E-state index is 5.88. The van der Waals surface area contributed by atoms with E-state index in [1.165, 1.54) is 11.1 Å². The van der Waals surface area contributed by atoms with Crippen LogP contribution in [0.25, 0.3) is 0 Å². The van der Waals surface area contributed by atoms with Crippen LogP contribution >= 0.6 is 24.0 Å². The molecule has 7 heteroatoms. The van der Waals surface area contributed by atoms with Crippen LogP contribution in [0.1, 0.15) is 22.7 Å². The first-order valence-electron chi connectivity index (χ1n) is 9.92. The normalized spacial score (nSPS) is 12.3. The molecule has 30 heavy (non-hydrogen) atoms. The lowest BCUT2D eigenvalue weighted by atomic mass is 10.1. The summed E-state index contributed by atoms with van der Waals surface area (Å²) in [5, 5.41) is 6.83. The molecule has 166 valence electrons. The summed E-state index contributed by atoms with van der Waals surface area (Å²) in [6.45, 7) is 4.53. The number of nitrogens with zero attached hydrogens (tertiary/aromatic N) is 2. The Bertz CT molecular complexity index is 769. The molecule has 0 spiro atoms. The highest BCUT2D eigenvalue weighted by Gasteiger charge is 2.14. The summed E-state index contributed by atoms with van der Waals surface area (Å²) in [5.74, 6) is 1.64. The van der Waals surface area contributed by atoms with Gasteiger partial charge in [-0.2, -0.15) is 0 Å². The first kappa shape index (κ1) is 26.2. The topological polar surface area (TPSA) is 58.1 Å². The van der Waals surface area contributed by atoms with Crippen molar-refractivity contribution >= 4 is 29.9 Å². The number of halogens is 1. The molecule has 0 fully saturated rings. The zero-order valence-electron chi connectivity index (χ0n) is 18.6. The fourth-order valence-electron chi connectivity index (χ4n) is 3.04. The van der Waals surface area contributed by atoms with Crippen LogP contribution in [0, 0.1) is 6.92 Å². The minimum atomic E-state index is 0. The van der Waals surface area contributed by atoms with E-state index in [2.05, 4.69) is 84.0 Å². The van der Waals surface area contributed by atoms with Gasteiger partial charge in [-0.1, -0.05) is 42.5 Å². The van der Waals surface area contributed by atoms with E-state index in [-0.39, 0.29) is 30.0 Å². The quantitative estimate of drug-likeness (QED) is 0.215. The number of hydrogen-bond acceptors (Lipinski definition) is 4. The zero-order valence-corrected chi connectivity index (χ0v) is 21.0. The molecule has 0 radical (unpaired) electrons.